The van der Waals surface area contributed by atoms with Crippen LogP contribution in [0.2, 0.25) is 0 Å². The average Bonchev–Trinajstić information content (AvgIpc) is 2.25. The molecule has 1 aromatic carbocycles. The van der Waals surface area contributed by atoms with Gasteiger partial charge >= 0.3 is 0 Å². The summed E-state index contributed by atoms with van der Waals surface area (Å²) in [5, 5.41) is 3.05. The molecule has 3 nitrogen and oxygen atoms in total. The highest BCUT2D eigenvalue weighted by atomic mass is 19.1. The van der Waals surface area contributed by atoms with Gasteiger partial charge in [0, 0.05) is 0 Å². The molecule has 0 saturated heterocycles. The molecule has 16 heavy (non-hydrogen) atoms. The minimum Gasteiger partial charge on any atom is -0.368 e. The van der Waals surface area contributed by atoms with E-state index in [-0.39, 0.29) is 5.82 Å². The molecule has 0 radical (unpaired) electrons. The fourth-order valence-corrected chi connectivity index (χ4v) is 1.89. The van der Waals surface area contributed by atoms with Crippen molar-refractivity contribution in [3.63, 3.8) is 0 Å². The molecular formula is C12H17FN2O. The molecular weight excluding hydrogens is 207 g/mol. The molecule has 0 aliphatic rings. The van der Waals surface area contributed by atoms with E-state index in [1.807, 2.05) is 13.8 Å². The summed E-state index contributed by atoms with van der Waals surface area (Å²) in [6.45, 7) is 4.32. The van der Waals surface area contributed by atoms with Gasteiger partial charge in [0.05, 0.1) is 0 Å². The topological polar surface area (TPSA) is 55.1 Å². The van der Waals surface area contributed by atoms with Gasteiger partial charge in [-0.25, -0.2) is 4.39 Å². The standard InChI is InChI=1S/C12H17FN2O/c1-3-12(11(14)16,15-4-2)9-6-5-7-10(13)8-9/h5-8,15H,3-4H2,1-2H3,(H2,14,16). The third-order valence-electron chi connectivity index (χ3n) is 2.75. The van der Waals surface area contributed by atoms with Crippen molar-refractivity contribution in [3.05, 3.63) is 35.6 Å². The Labute approximate surface area is 94.8 Å². The second-order valence-corrected chi connectivity index (χ2v) is 3.66. The third-order valence-corrected chi connectivity index (χ3v) is 2.75. The van der Waals surface area contributed by atoms with E-state index in [1.165, 1.54) is 12.1 Å². The van der Waals surface area contributed by atoms with Crippen LogP contribution in [0, 0.1) is 5.82 Å². The van der Waals surface area contributed by atoms with E-state index < -0.39 is 11.4 Å². The van der Waals surface area contributed by atoms with Crippen molar-refractivity contribution in [1.82, 2.24) is 5.32 Å². The molecule has 1 atom stereocenters. The summed E-state index contributed by atoms with van der Waals surface area (Å²) in [4.78, 5) is 11.6. The van der Waals surface area contributed by atoms with Crippen molar-refractivity contribution < 1.29 is 9.18 Å². The molecule has 0 saturated carbocycles. The summed E-state index contributed by atoms with van der Waals surface area (Å²) in [5.74, 6) is -0.850. The van der Waals surface area contributed by atoms with Gasteiger partial charge in [-0.2, -0.15) is 0 Å². The third kappa shape index (κ3) is 2.22. The average molecular weight is 224 g/mol. The Balaban J connectivity index is 3.24. The molecule has 0 heterocycles. The van der Waals surface area contributed by atoms with Gasteiger partial charge < -0.3 is 5.73 Å². The number of carbonyl (C=O) groups excluding carboxylic acids is 1. The van der Waals surface area contributed by atoms with Crippen molar-refractivity contribution in [2.75, 3.05) is 6.54 Å². The first-order valence-corrected chi connectivity index (χ1v) is 5.37. The molecule has 1 aromatic rings. The van der Waals surface area contributed by atoms with Crippen LogP contribution in [0.1, 0.15) is 25.8 Å². The van der Waals surface area contributed by atoms with Gasteiger partial charge in [-0.05, 0) is 30.7 Å². The Morgan fingerprint density at radius 1 is 1.50 bits per heavy atom. The number of primary amides is 1. The second kappa shape index (κ2) is 5.07. The molecule has 0 bridgehead atoms. The van der Waals surface area contributed by atoms with Crippen LogP contribution in [-0.2, 0) is 10.3 Å². The Bertz CT molecular complexity index is 381. The summed E-state index contributed by atoms with van der Waals surface area (Å²) >= 11 is 0. The van der Waals surface area contributed by atoms with Crippen LogP contribution in [0.25, 0.3) is 0 Å². The molecule has 1 rings (SSSR count). The lowest BCUT2D eigenvalue weighted by Gasteiger charge is -2.30. The maximum atomic E-state index is 13.2. The summed E-state index contributed by atoms with van der Waals surface area (Å²) < 4.78 is 13.2. The molecule has 0 aromatic heterocycles. The van der Waals surface area contributed by atoms with E-state index >= 15 is 0 Å². The summed E-state index contributed by atoms with van der Waals surface area (Å²) in [5.41, 5.74) is 5.02. The predicted octanol–water partition coefficient (Wildman–Crippen LogP) is 1.53. The maximum absolute atomic E-state index is 13.2. The summed E-state index contributed by atoms with van der Waals surface area (Å²) in [7, 11) is 0. The zero-order chi connectivity index (χ0) is 12.2. The van der Waals surface area contributed by atoms with Crippen molar-refractivity contribution in [2.45, 2.75) is 25.8 Å². The van der Waals surface area contributed by atoms with Crippen LogP contribution in [0.3, 0.4) is 0 Å². The number of hydrogen-bond donors (Lipinski definition) is 2. The van der Waals surface area contributed by atoms with E-state index in [9.17, 15) is 9.18 Å². The Morgan fingerprint density at radius 3 is 2.62 bits per heavy atom. The highest BCUT2D eigenvalue weighted by Crippen LogP contribution is 2.25. The SMILES string of the molecule is CCNC(CC)(C(N)=O)c1cccc(F)c1. The molecule has 88 valence electrons. The first-order chi connectivity index (χ1) is 7.56. The lowest BCUT2D eigenvalue weighted by molar-refractivity contribution is -0.125. The van der Waals surface area contributed by atoms with Gasteiger partial charge in [-0.1, -0.05) is 26.0 Å². The number of nitrogens with two attached hydrogens (primary N) is 1. The predicted molar refractivity (Wildman–Crippen MR) is 61.2 cm³/mol. The quantitative estimate of drug-likeness (QED) is 0.796. The van der Waals surface area contributed by atoms with E-state index in [4.69, 9.17) is 5.73 Å². The maximum Gasteiger partial charge on any atom is 0.242 e. The molecule has 3 N–H and O–H groups in total. The van der Waals surface area contributed by atoms with Gasteiger partial charge in [0.15, 0.2) is 0 Å². The van der Waals surface area contributed by atoms with Gasteiger partial charge in [0.2, 0.25) is 5.91 Å². The van der Waals surface area contributed by atoms with E-state index in [0.717, 1.165) is 0 Å². The van der Waals surface area contributed by atoms with Gasteiger partial charge in [0.1, 0.15) is 11.4 Å². The molecule has 1 amide bonds. The highest BCUT2D eigenvalue weighted by molar-refractivity contribution is 5.86. The number of carbonyl (C=O) groups is 1. The molecule has 0 aliphatic carbocycles. The lowest BCUT2D eigenvalue weighted by atomic mass is 9.86. The van der Waals surface area contributed by atoms with E-state index in [1.54, 1.807) is 12.1 Å². The Hall–Kier alpha value is -1.42. The number of hydrogen-bond acceptors (Lipinski definition) is 2. The number of rotatable bonds is 5. The number of amides is 1. The normalized spacial score (nSPS) is 14.4. The van der Waals surface area contributed by atoms with Gasteiger partial charge in [-0.3, -0.25) is 10.1 Å². The van der Waals surface area contributed by atoms with Crippen LogP contribution >= 0.6 is 0 Å². The first-order valence-electron chi connectivity index (χ1n) is 5.37. The van der Waals surface area contributed by atoms with E-state index in [0.29, 0.717) is 18.5 Å². The van der Waals surface area contributed by atoms with Crippen molar-refractivity contribution in [2.24, 2.45) is 5.73 Å². The lowest BCUT2D eigenvalue weighted by Crippen LogP contribution is -2.52. The monoisotopic (exact) mass is 224 g/mol. The van der Waals surface area contributed by atoms with Crippen molar-refractivity contribution in [3.8, 4) is 0 Å². The molecule has 1 unspecified atom stereocenters. The summed E-state index contributed by atoms with van der Waals surface area (Å²) in [6, 6.07) is 5.98. The number of nitrogens with one attached hydrogen (secondary N) is 1. The zero-order valence-corrected chi connectivity index (χ0v) is 9.59. The Morgan fingerprint density at radius 2 is 2.19 bits per heavy atom. The number of benzene rings is 1. The first kappa shape index (κ1) is 12.6. The van der Waals surface area contributed by atoms with Crippen LogP contribution in [0.15, 0.2) is 24.3 Å². The van der Waals surface area contributed by atoms with Crippen LogP contribution in [-0.4, -0.2) is 12.5 Å². The van der Waals surface area contributed by atoms with Gasteiger partial charge in [0.25, 0.3) is 0 Å². The summed E-state index contributed by atoms with van der Waals surface area (Å²) in [6.07, 6.45) is 0.486. The van der Waals surface area contributed by atoms with E-state index in [2.05, 4.69) is 5.32 Å². The number of halogens is 1. The van der Waals surface area contributed by atoms with Crippen LogP contribution in [0.4, 0.5) is 4.39 Å². The van der Waals surface area contributed by atoms with Crippen LogP contribution < -0.4 is 11.1 Å². The van der Waals surface area contributed by atoms with Crippen LogP contribution in [0.5, 0.6) is 0 Å². The zero-order valence-electron chi connectivity index (χ0n) is 9.59. The molecule has 4 heteroatoms. The minimum atomic E-state index is -0.975. The smallest absolute Gasteiger partial charge is 0.242 e. The second-order valence-electron chi connectivity index (χ2n) is 3.66. The molecule has 0 spiro atoms. The fourth-order valence-electron chi connectivity index (χ4n) is 1.89. The number of likely N-dealkylation sites (N-methyl/N-ethyl adjacent to an activating group) is 1. The molecule has 0 aliphatic heterocycles. The van der Waals surface area contributed by atoms with Crippen molar-refractivity contribution in [1.29, 1.82) is 0 Å². The van der Waals surface area contributed by atoms with Crippen molar-refractivity contribution >= 4 is 5.91 Å². The van der Waals surface area contributed by atoms with Gasteiger partial charge in [-0.15, -0.1) is 0 Å². The highest BCUT2D eigenvalue weighted by Gasteiger charge is 2.35. The largest absolute Gasteiger partial charge is 0.368 e. The minimum absolute atomic E-state index is 0.366. The fraction of sp³-hybridized carbons (Fsp3) is 0.417. The Kier molecular flexibility index (Phi) is 4.01. The molecule has 0 fully saturated rings.